The van der Waals surface area contributed by atoms with E-state index in [9.17, 15) is 5.11 Å². The number of aromatic nitrogens is 3. The third-order valence-corrected chi connectivity index (χ3v) is 2.49. The van der Waals surface area contributed by atoms with Crippen molar-refractivity contribution in [1.82, 2.24) is 15.2 Å². The number of pyridine rings is 1. The Morgan fingerprint density at radius 1 is 1.33 bits per heavy atom. The van der Waals surface area contributed by atoms with Crippen LogP contribution in [0.5, 0.6) is 5.88 Å². The van der Waals surface area contributed by atoms with Gasteiger partial charge in [0.1, 0.15) is 11.9 Å². The average Bonchev–Trinajstić information content (AvgIpc) is 2.39. The fraction of sp³-hybridized carbons (Fsp3) is 0.250. The van der Waals surface area contributed by atoms with Gasteiger partial charge in [-0.25, -0.2) is 4.98 Å². The van der Waals surface area contributed by atoms with E-state index >= 15 is 0 Å². The zero-order chi connectivity index (χ0) is 13.0. The number of nitrogens with zero attached hydrogens (tertiary/aromatic N) is 3. The fourth-order valence-corrected chi connectivity index (χ4v) is 1.57. The molecule has 0 bridgehead atoms. The monoisotopic (exact) mass is 246 g/mol. The second kappa shape index (κ2) is 5.42. The number of aliphatic hydroxyl groups is 1. The number of hydrogen-bond donors (Lipinski definition) is 2. The number of nitrogen functional groups attached to an aromatic ring is 1. The number of methoxy groups -OCH3 is 1. The normalized spacial score (nSPS) is 12.1. The first-order valence-corrected chi connectivity index (χ1v) is 5.45. The molecular formula is C12H14N4O2. The van der Waals surface area contributed by atoms with Gasteiger partial charge in [0.05, 0.1) is 12.8 Å². The molecule has 1 unspecified atom stereocenters. The van der Waals surface area contributed by atoms with Gasteiger partial charge >= 0.3 is 0 Å². The molecule has 2 rings (SSSR count). The van der Waals surface area contributed by atoms with Gasteiger partial charge in [0, 0.05) is 18.7 Å². The lowest BCUT2D eigenvalue weighted by molar-refractivity contribution is 0.172. The van der Waals surface area contributed by atoms with E-state index in [0.717, 1.165) is 5.56 Å². The Bertz CT molecular complexity index is 516. The zero-order valence-corrected chi connectivity index (χ0v) is 9.95. The third-order valence-electron chi connectivity index (χ3n) is 2.49. The van der Waals surface area contributed by atoms with Crippen molar-refractivity contribution < 1.29 is 9.84 Å². The summed E-state index contributed by atoms with van der Waals surface area (Å²) in [5.74, 6) is 0.847. The van der Waals surface area contributed by atoms with E-state index in [2.05, 4.69) is 15.2 Å². The van der Waals surface area contributed by atoms with Crippen molar-refractivity contribution in [3.63, 3.8) is 0 Å². The lowest BCUT2D eigenvalue weighted by Crippen LogP contribution is -2.06. The van der Waals surface area contributed by atoms with Crippen molar-refractivity contribution in [3.8, 4) is 5.88 Å². The molecule has 6 heteroatoms. The van der Waals surface area contributed by atoms with Crippen molar-refractivity contribution >= 4 is 5.82 Å². The molecule has 0 aliphatic carbocycles. The molecule has 0 saturated carbocycles. The van der Waals surface area contributed by atoms with Crippen molar-refractivity contribution in [1.29, 1.82) is 0 Å². The highest BCUT2D eigenvalue weighted by Crippen LogP contribution is 2.17. The summed E-state index contributed by atoms with van der Waals surface area (Å²) in [6.45, 7) is 0. The standard InChI is InChI=1S/C12H14N4O2/c1-18-12-3-2-9(15-16-12)10(17)6-8-4-5-14-11(13)7-8/h2-5,7,10,17H,6H2,1H3,(H2,13,14). The SMILES string of the molecule is COc1ccc(C(O)Cc2ccnc(N)c2)nn1. The van der Waals surface area contributed by atoms with Gasteiger partial charge in [0.25, 0.3) is 0 Å². The van der Waals surface area contributed by atoms with Gasteiger partial charge < -0.3 is 15.6 Å². The first-order chi connectivity index (χ1) is 8.69. The fourth-order valence-electron chi connectivity index (χ4n) is 1.57. The minimum absolute atomic E-state index is 0.410. The summed E-state index contributed by atoms with van der Waals surface area (Å²) in [5, 5.41) is 17.7. The molecule has 0 radical (unpaired) electrons. The maximum absolute atomic E-state index is 10.0. The van der Waals surface area contributed by atoms with Crippen LogP contribution in [0.3, 0.4) is 0 Å². The molecule has 3 N–H and O–H groups in total. The summed E-state index contributed by atoms with van der Waals surface area (Å²) < 4.78 is 4.90. The maximum Gasteiger partial charge on any atom is 0.233 e. The number of hydrogen-bond acceptors (Lipinski definition) is 6. The first kappa shape index (κ1) is 12.3. The smallest absolute Gasteiger partial charge is 0.233 e. The van der Waals surface area contributed by atoms with Crippen LogP contribution in [0.4, 0.5) is 5.82 Å². The molecule has 0 fully saturated rings. The van der Waals surface area contributed by atoms with E-state index in [1.807, 2.05) is 0 Å². The average molecular weight is 246 g/mol. The summed E-state index contributed by atoms with van der Waals surface area (Å²) in [4.78, 5) is 3.89. The van der Waals surface area contributed by atoms with Crippen molar-refractivity contribution in [2.24, 2.45) is 0 Å². The van der Waals surface area contributed by atoms with Gasteiger partial charge in [-0.2, -0.15) is 0 Å². The molecule has 0 spiro atoms. The van der Waals surface area contributed by atoms with Crippen LogP contribution in [0.1, 0.15) is 17.4 Å². The van der Waals surface area contributed by atoms with Crippen LogP contribution in [0.25, 0.3) is 0 Å². The molecule has 2 heterocycles. The van der Waals surface area contributed by atoms with Gasteiger partial charge in [-0.15, -0.1) is 10.2 Å². The number of aliphatic hydroxyl groups excluding tert-OH is 1. The Labute approximate surface area is 104 Å². The number of ether oxygens (including phenoxy) is 1. The van der Waals surface area contributed by atoms with Gasteiger partial charge in [-0.05, 0) is 23.8 Å². The molecule has 2 aromatic heterocycles. The van der Waals surface area contributed by atoms with E-state index in [0.29, 0.717) is 23.8 Å². The number of anilines is 1. The van der Waals surface area contributed by atoms with Crippen molar-refractivity contribution in [3.05, 3.63) is 41.7 Å². The Hall–Kier alpha value is -2.21. The zero-order valence-electron chi connectivity index (χ0n) is 9.95. The molecular weight excluding hydrogens is 232 g/mol. The van der Waals surface area contributed by atoms with Crippen LogP contribution >= 0.6 is 0 Å². The Balaban J connectivity index is 2.09. The Kier molecular flexibility index (Phi) is 3.69. The van der Waals surface area contributed by atoms with E-state index in [1.54, 1.807) is 30.5 Å². The minimum Gasteiger partial charge on any atom is -0.480 e. The quantitative estimate of drug-likeness (QED) is 0.826. The molecule has 6 nitrogen and oxygen atoms in total. The third kappa shape index (κ3) is 2.92. The van der Waals surface area contributed by atoms with Crippen molar-refractivity contribution in [2.45, 2.75) is 12.5 Å². The predicted molar refractivity (Wildman–Crippen MR) is 65.9 cm³/mol. The van der Waals surface area contributed by atoms with Crippen LogP contribution in [-0.4, -0.2) is 27.4 Å². The topological polar surface area (TPSA) is 94.2 Å². The first-order valence-electron chi connectivity index (χ1n) is 5.45. The number of nitrogens with two attached hydrogens (primary N) is 1. The van der Waals surface area contributed by atoms with E-state index in [-0.39, 0.29) is 0 Å². The molecule has 2 aromatic rings. The summed E-state index contributed by atoms with van der Waals surface area (Å²) in [6.07, 6.45) is 1.29. The second-order valence-electron chi connectivity index (χ2n) is 3.81. The van der Waals surface area contributed by atoms with Crippen LogP contribution in [-0.2, 0) is 6.42 Å². The van der Waals surface area contributed by atoms with Crippen molar-refractivity contribution in [2.75, 3.05) is 12.8 Å². The molecule has 0 saturated heterocycles. The predicted octanol–water partition coefficient (Wildman–Crippen LogP) is 0.739. The van der Waals surface area contributed by atoms with Gasteiger partial charge in [-0.3, -0.25) is 0 Å². The molecule has 0 aromatic carbocycles. The summed E-state index contributed by atoms with van der Waals surface area (Å²) in [7, 11) is 1.51. The highest BCUT2D eigenvalue weighted by Gasteiger charge is 2.11. The maximum atomic E-state index is 10.0. The minimum atomic E-state index is -0.731. The largest absolute Gasteiger partial charge is 0.480 e. The molecule has 18 heavy (non-hydrogen) atoms. The highest BCUT2D eigenvalue weighted by atomic mass is 16.5. The molecule has 0 aliphatic rings. The van der Waals surface area contributed by atoms with E-state index < -0.39 is 6.10 Å². The lowest BCUT2D eigenvalue weighted by Gasteiger charge is -2.10. The molecule has 0 amide bonds. The van der Waals surface area contributed by atoms with Crippen LogP contribution in [0.2, 0.25) is 0 Å². The van der Waals surface area contributed by atoms with Crippen LogP contribution in [0, 0.1) is 0 Å². The van der Waals surface area contributed by atoms with Crippen LogP contribution in [0.15, 0.2) is 30.5 Å². The Morgan fingerprint density at radius 2 is 2.17 bits per heavy atom. The van der Waals surface area contributed by atoms with Gasteiger partial charge in [-0.1, -0.05) is 0 Å². The summed E-state index contributed by atoms with van der Waals surface area (Å²) in [5.41, 5.74) is 6.96. The molecule has 94 valence electrons. The van der Waals surface area contributed by atoms with E-state index in [4.69, 9.17) is 10.5 Å². The molecule has 1 atom stereocenters. The van der Waals surface area contributed by atoms with E-state index in [1.165, 1.54) is 7.11 Å². The second-order valence-corrected chi connectivity index (χ2v) is 3.81. The highest BCUT2D eigenvalue weighted by molar-refractivity contribution is 5.32. The number of rotatable bonds is 4. The lowest BCUT2D eigenvalue weighted by atomic mass is 10.1. The van der Waals surface area contributed by atoms with Crippen LogP contribution < -0.4 is 10.5 Å². The summed E-state index contributed by atoms with van der Waals surface area (Å²) >= 11 is 0. The Morgan fingerprint density at radius 3 is 2.78 bits per heavy atom. The molecule has 0 aliphatic heterocycles. The van der Waals surface area contributed by atoms with Gasteiger partial charge in [0.15, 0.2) is 0 Å². The van der Waals surface area contributed by atoms with Gasteiger partial charge in [0.2, 0.25) is 5.88 Å². The summed E-state index contributed by atoms with van der Waals surface area (Å²) in [6, 6.07) is 6.87.